The summed E-state index contributed by atoms with van der Waals surface area (Å²) in [6.45, 7) is 0.820. The van der Waals surface area contributed by atoms with Crippen LogP contribution in [0.2, 0.25) is 0 Å². The topological polar surface area (TPSA) is 66.8 Å². The van der Waals surface area contributed by atoms with Crippen molar-refractivity contribution >= 4 is 11.9 Å². The van der Waals surface area contributed by atoms with E-state index in [9.17, 15) is 14.7 Å². The van der Waals surface area contributed by atoms with E-state index >= 15 is 0 Å². The molecule has 1 aliphatic heterocycles. The molecule has 1 N–H and O–H groups in total. The first-order valence-corrected chi connectivity index (χ1v) is 6.21. The fourth-order valence-electron chi connectivity index (χ4n) is 2.53. The summed E-state index contributed by atoms with van der Waals surface area (Å²) in [4.78, 5) is 24.9. The third-order valence-corrected chi connectivity index (χ3v) is 3.43. The van der Waals surface area contributed by atoms with Gasteiger partial charge in [-0.1, -0.05) is 30.3 Å². The number of methoxy groups -OCH3 is 1. The fraction of sp³-hybridized carbons (Fsp3) is 0.429. The number of rotatable bonds is 5. The van der Waals surface area contributed by atoms with Crippen molar-refractivity contribution in [2.24, 2.45) is 5.92 Å². The molecule has 1 amide bonds. The second-order valence-electron chi connectivity index (χ2n) is 4.58. The molecule has 1 saturated heterocycles. The zero-order valence-corrected chi connectivity index (χ0v) is 10.8. The van der Waals surface area contributed by atoms with Gasteiger partial charge in [0.1, 0.15) is 0 Å². The summed E-state index contributed by atoms with van der Waals surface area (Å²) in [6, 6.07) is 8.89. The maximum Gasteiger partial charge on any atom is 0.309 e. The molecule has 0 saturated carbocycles. The van der Waals surface area contributed by atoms with Crippen LogP contribution in [0.25, 0.3) is 0 Å². The molecule has 5 heteroatoms. The van der Waals surface area contributed by atoms with Crippen LogP contribution >= 0.6 is 0 Å². The van der Waals surface area contributed by atoms with Crippen molar-refractivity contribution in [3.05, 3.63) is 35.9 Å². The third-order valence-electron chi connectivity index (χ3n) is 3.43. The zero-order valence-electron chi connectivity index (χ0n) is 10.8. The van der Waals surface area contributed by atoms with Crippen molar-refractivity contribution < 1.29 is 19.4 Å². The van der Waals surface area contributed by atoms with Crippen molar-refractivity contribution in [3.8, 4) is 0 Å². The minimum Gasteiger partial charge on any atom is -0.481 e. The maximum atomic E-state index is 12.0. The van der Waals surface area contributed by atoms with E-state index in [1.807, 2.05) is 30.3 Å². The highest BCUT2D eigenvalue weighted by Crippen LogP contribution is 2.37. The van der Waals surface area contributed by atoms with Crippen LogP contribution in [-0.2, 0) is 14.3 Å². The van der Waals surface area contributed by atoms with Gasteiger partial charge in [-0.15, -0.1) is 0 Å². The van der Waals surface area contributed by atoms with Gasteiger partial charge >= 0.3 is 5.97 Å². The molecule has 1 aromatic carbocycles. The van der Waals surface area contributed by atoms with Gasteiger partial charge in [0.2, 0.25) is 5.91 Å². The van der Waals surface area contributed by atoms with Crippen LogP contribution in [0.15, 0.2) is 30.3 Å². The van der Waals surface area contributed by atoms with Gasteiger partial charge in [0.15, 0.2) is 0 Å². The van der Waals surface area contributed by atoms with Crippen LogP contribution in [0.3, 0.4) is 0 Å². The number of nitrogens with zero attached hydrogens (tertiary/aromatic N) is 1. The van der Waals surface area contributed by atoms with E-state index in [1.54, 1.807) is 12.0 Å². The lowest BCUT2D eigenvalue weighted by Crippen LogP contribution is -2.33. The number of amides is 1. The monoisotopic (exact) mass is 263 g/mol. The molecule has 102 valence electrons. The normalized spacial score (nSPS) is 22.8. The summed E-state index contributed by atoms with van der Waals surface area (Å²) in [6.07, 6.45) is 0.0542. The van der Waals surface area contributed by atoms with Crippen LogP contribution < -0.4 is 0 Å². The molecular formula is C14H17NO4. The first-order valence-electron chi connectivity index (χ1n) is 6.21. The summed E-state index contributed by atoms with van der Waals surface area (Å²) >= 11 is 0. The summed E-state index contributed by atoms with van der Waals surface area (Å²) in [5, 5.41) is 9.30. The van der Waals surface area contributed by atoms with Crippen molar-refractivity contribution in [1.82, 2.24) is 4.90 Å². The minimum atomic E-state index is -0.929. The molecule has 1 fully saturated rings. The Hall–Kier alpha value is -1.88. The molecule has 0 radical (unpaired) electrons. The van der Waals surface area contributed by atoms with Crippen LogP contribution in [-0.4, -0.2) is 42.1 Å². The highest BCUT2D eigenvalue weighted by atomic mass is 16.5. The molecule has 19 heavy (non-hydrogen) atoms. The molecule has 0 bridgehead atoms. The molecule has 5 nitrogen and oxygen atoms in total. The summed E-state index contributed by atoms with van der Waals surface area (Å²) in [5.74, 6) is -1.74. The van der Waals surface area contributed by atoms with Gasteiger partial charge in [0, 0.05) is 20.1 Å². The molecule has 0 spiro atoms. The number of carbonyl (C=O) groups is 2. The molecule has 0 aromatic heterocycles. The van der Waals surface area contributed by atoms with Crippen LogP contribution in [0.5, 0.6) is 0 Å². The standard InChI is InChI=1S/C14H17NO4/c1-19-8-7-15-12(16)9-11(14(17)18)13(15)10-5-3-2-4-6-10/h2-6,11,13H,7-9H2,1H3,(H,17,18)/t11-,13-/m0/s1. The van der Waals surface area contributed by atoms with E-state index < -0.39 is 17.9 Å². The Balaban J connectivity index is 2.30. The smallest absolute Gasteiger partial charge is 0.309 e. The highest BCUT2D eigenvalue weighted by molar-refractivity contribution is 5.87. The number of carboxylic acid groups (broad SMARTS) is 1. The van der Waals surface area contributed by atoms with Crippen molar-refractivity contribution in [1.29, 1.82) is 0 Å². The predicted octanol–water partition coefficient (Wildman–Crippen LogP) is 1.31. The van der Waals surface area contributed by atoms with Gasteiger partial charge in [-0.05, 0) is 5.56 Å². The maximum absolute atomic E-state index is 12.0. The van der Waals surface area contributed by atoms with E-state index in [1.165, 1.54) is 0 Å². The Kier molecular flexibility index (Phi) is 4.16. The lowest BCUT2D eigenvalue weighted by molar-refractivity contribution is -0.142. The minimum absolute atomic E-state index is 0.0542. The molecular weight excluding hydrogens is 246 g/mol. The predicted molar refractivity (Wildman–Crippen MR) is 68.5 cm³/mol. The molecule has 1 heterocycles. The Morgan fingerprint density at radius 2 is 2.11 bits per heavy atom. The van der Waals surface area contributed by atoms with Gasteiger partial charge in [-0.3, -0.25) is 9.59 Å². The van der Waals surface area contributed by atoms with Gasteiger partial charge in [-0.2, -0.15) is 0 Å². The fourth-order valence-corrected chi connectivity index (χ4v) is 2.53. The summed E-state index contributed by atoms with van der Waals surface area (Å²) in [5.41, 5.74) is 0.858. The zero-order chi connectivity index (χ0) is 13.8. The van der Waals surface area contributed by atoms with Crippen LogP contribution in [0.1, 0.15) is 18.0 Å². The first kappa shape index (κ1) is 13.5. The number of likely N-dealkylation sites (tertiary alicyclic amines) is 1. The lowest BCUT2D eigenvalue weighted by Gasteiger charge is -2.27. The van der Waals surface area contributed by atoms with Gasteiger partial charge in [0.05, 0.1) is 18.6 Å². The Morgan fingerprint density at radius 1 is 1.42 bits per heavy atom. The van der Waals surface area contributed by atoms with Crippen molar-refractivity contribution in [3.63, 3.8) is 0 Å². The van der Waals surface area contributed by atoms with Gasteiger partial charge in [0.25, 0.3) is 0 Å². The van der Waals surface area contributed by atoms with Crippen LogP contribution in [0.4, 0.5) is 0 Å². The Morgan fingerprint density at radius 3 is 2.68 bits per heavy atom. The Labute approximate surface area is 111 Å². The second kappa shape index (κ2) is 5.84. The van der Waals surface area contributed by atoms with E-state index in [4.69, 9.17) is 4.74 Å². The first-order chi connectivity index (χ1) is 9.15. The SMILES string of the molecule is COCCN1C(=O)C[C@H](C(=O)O)[C@@H]1c1ccccc1. The molecule has 2 atom stereocenters. The van der Waals surface area contributed by atoms with Crippen molar-refractivity contribution in [2.75, 3.05) is 20.3 Å². The average Bonchev–Trinajstić information content (AvgIpc) is 2.74. The number of benzene rings is 1. The quantitative estimate of drug-likeness (QED) is 0.869. The summed E-state index contributed by atoms with van der Waals surface area (Å²) in [7, 11) is 1.56. The molecule has 2 rings (SSSR count). The van der Waals surface area contributed by atoms with Gasteiger partial charge < -0.3 is 14.7 Å². The van der Waals surface area contributed by atoms with Crippen molar-refractivity contribution in [2.45, 2.75) is 12.5 Å². The Bertz CT molecular complexity index is 460. The largest absolute Gasteiger partial charge is 0.481 e. The number of carbonyl (C=O) groups excluding carboxylic acids is 1. The van der Waals surface area contributed by atoms with Crippen LogP contribution in [0, 0.1) is 5.92 Å². The third kappa shape index (κ3) is 2.76. The molecule has 0 aliphatic carbocycles. The summed E-state index contributed by atoms with van der Waals surface area (Å²) < 4.78 is 4.99. The number of ether oxygens (including phenoxy) is 1. The second-order valence-corrected chi connectivity index (χ2v) is 4.58. The highest BCUT2D eigenvalue weighted by Gasteiger charge is 2.44. The molecule has 1 aliphatic rings. The number of hydrogen-bond acceptors (Lipinski definition) is 3. The number of hydrogen-bond donors (Lipinski definition) is 1. The van der Waals surface area contributed by atoms with E-state index in [-0.39, 0.29) is 12.3 Å². The van der Waals surface area contributed by atoms with E-state index in [2.05, 4.69) is 0 Å². The average molecular weight is 263 g/mol. The van der Waals surface area contributed by atoms with E-state index in [0.29, 0.717) is 13.2 Å². The number of aliphatic carboxylic acids is 1. The number of carboxylic acids is 1. The lowest BCUT2D eigenvalue weighted by atomic mass is 9.94. The molecule has 0 unspecified atom stereocenters. The van der Waals surface area contributed by atoms with E-state index in [0.717, 1.165) is 5.56 Å². The molecule has 1 aromatic rings. The van der Waals surface area contributed by atoms with Gasteiger partial charge in [-0.25, -0.2) is 0 Å².